The molecule has 2 aromatic rings. The molecule has 194 valence electrons. The van der Waals surface area contributed by atoms with Gasteiger partial charge >= 0.3 is 17.9 Å². The first kappa shape index (κ1) is 27.4. The fraction of sp³-hybridized carbons (Fsp3) is 0.464. The van der Waals surface area contributed by atoms with E-state index in [1.165, 1.54) is 30.4 Å². The van der Waals surface area contributed by atoms with Crippen LogP contribution in [-0.2, 0) is 23.9 Å². The topological polar surface area (TPSA) is 113 Å². The van der Waals surface area contributed by atoms with Crippen molar-refractivity contribution in [2.45, 2.75) is 63.3 Å². The highest BCUT2D eigenvalue weighted by molar-refractivity contribution is 6.27. The molecule has 2 aliphatic rings. The molecule has 2 aromatic carbocycles. The highest BCUT2D eigenvalue weighted by Gasteiger charge is 2.26. The minimum atomic E-state index is -1.82. The summed E-state index contributed by atoms with van der Waals surface area (Å²) < 4.78 is 12.3. The van der Waals surface area contributed by atoms with E-state index in [0.29, 0.717) is 6.54 Å². The SMILES string of the molecule is O=C(CN1CCC(OC(c2ccccc2)c2ccccc2)CC1)OC1CCCCC1.O=C(O)C(=O)O. The molecule has 0 aromatic heterocycles. The van der Waals surface area contributed by atoms with Gasteiger partial charge in [-0.1, -0.05) is 67.1 Å². The van der Waals surface area contributed by atoms with Gasteiger partial charge < -0.3 is 19.7 Å². The van der Waals surface area contributed by atoms with Crippen LogP contribution < -0.4 is 0 Å². The van der Waals surface area contributed by atoms with Crippen molar-refractivity contribution in [3.05, 3.63) is 71.8 Å². The van der Waals surface area contributed by atoms with E-state index >= 15 is 0 Å². The normalized spacial score (nSPS) is 17.1. The minimum absolute atomic E-state index is 0.0554. The molecule has 2 N–H and O–H groups in total. The molecule has 2 fully saturated rings. The summed E-state index contributed by atoms with van der Waals surface area (Å²) in [7, 11) is 0. The van der Waals surface area contributed by atoms with Gasteiger partial charge in [0.1, 0.15) is 12.2 Å². The molecule has 0 radical (unpaired) electrons. The van der Waals surface area contributed by atoms with Gasteiger partial charge in [0.05, 0.1) is 12.6 Å². The second kappa shape index (κ2) is 14.4. The van der Waals surface area contributed by atoms with Crippen molar-refractivity contribution in [2.24, 2.45) is 0 Å². The number of hydrogen-bond acceptors (Lipinski definition) is 6. The van der Waals surface area contributed by atoms with Crippen LogP contribution in [0.25, 0.3) is 0 Å². The summed E-state index contributed by atoms with van der Waals surface area (Å²) in [5, 5.41) is 14.8. The number of carbonyl (C=O) groups excluding carboxylic acids is 1. The number of rotatable bonds is 7. The number of aliphatic carboxylic acids is 2. The van der Waals surface area contributed by atoms with Crippen LogP contribution in [0.15, 0.2) is 60.7 Å². The smallest absolute Gasteiger partial charge is 0.414 e. The first-order valence-electron chi connectivity index (χ1n) is 12.6. The van der Waals surface area contributed by atoms with Crippen molar-refractivity contribution < 1.29 is 34.1 Å². The molecule has 1 heterocycles. The lowest BCUT2D eigenvalue weighted by Crippen LogP contribution is -2.41. The Morgan fingerprint density at radius 3 is 1.72 bits per heavy atom. The maximum absolute atomic E-state index is 12.3. The first-order chi connectivity index (χ1) is 17.4. The predicted octanol–water partition coefficient (Wildman–Crippen LogP) is 4.29. The third-order valence-electron chi connectivity index (χ3n) is 6.45. The average molecular weight is 498 g/mol. The third-order valence-corrected chi connectivity index (χ3v) is 6.45. The third kappa shape index (κ3) is 9.09. The van der Waals surface area contributed by atoms with Gasteiger partial charge in [-0.25, -0.2) is 9.59 Å². The number of likely N-dealkylation sites (tertiary alicyclic amines) is 1. The summed E-state index contributed by atoms with van der Waals surface area (Å²) in [4.78, 5) is 32.7. The van der Waals surface area contributed by atoms with Gasteiger partial charge in [-0.05, 0) is 49.7 Å². The van der Waals surface area contributed by atoms with Crippen LogP contribution in [0.3, 0.4) is 0 Å². The second-order valence-corrected chi connectivity index (χ2v) is 9.17. The van der Waals surface area contributed by atoms with Crippen molar-refractivity contribution in [3.63, 3.8) is 0 Å². The molecule has 1 saturated heterocycles. The number of esters is 1. The molecule has 1 aliphatic heterocycles. The summed E-state index contributed by atoms with van der Waals surface area (Å²) in [6.45, 7) is 2.16. The van der Waals surface area contributed by atoms with Crippen LogP contribution >= 0.6 is 0 Å². The Hall–Kier alpha value is -3.23. The van der Waals surface area contributed by atoms with Gasteiger partial charge in [-0.2, -0.15) is 0 Å². The molecule has 4 rings (SSSR count). The van der Waals surface area contributed by atoms with E-state index in [-0.39, 0.29) is 24.3 Å². The number of hydrogen-bond donors (Lipinski definition) is 2. The van der Waals surface area contributed by atoms with Crippen molar-refractivity contribution >= 4 is 17.9 Å². The molecule has 0 amide bonds. The zero-order valence-electron chi connectivity index (χ0n) is 20.5. The van der Waals surface area contributed by atoms with Gasteiger partial charge in [0, 0.05) is 13.1 Å². The standard InChI is InChI=1S/C26H33NO3.C2H2O4/c28-25(29-23-14-8-3-9-15-23)20-27-18-16-24(17-19-27)30-26(21-10-4-1-5-11-21)22-12-6-2-7-13-22;3-1(4)2(5)6/h1-2,4-7,10-13,23-24,26H,3,8-9,14-20H2;(H,3,4)(H,5,6). The van der Waals surface area contributed by atoms with E-state index in [9.17, 15) is 4.79 Å². The van der Waals surface area contributed by atoms with Crippen LogP contribution in [0, 0.1) is 0 Å². The molecule has 0 unspecified atom stereocenters. The number of nitrogens with zero attached hydrogens (tertiary/aromatic N) is 1. The Kier molecular flexibility index (Phi) is 10.9. The Morgan fingerprint density at radius 1 is 0.750 bits per heavy atom. The van der Waals surface area contributed by atoms with Gasteiger partial charge in [-0.3, -0.25) is 9.69 Å². The highest BCUT2D eigenvalue weighted by atomic mass is 16.5. The molecule has 1 saturated carbocycles. The van der Waals surface area contributed by atoms with Crippen molar-refractivity contribution in [2.75, 3.05) is 19.6 Å². The number of carbonyl (C=O) groups is 3. The zero-order chi connectivity index (χ0) is 25.8. The lowest BCUT2D eigenvalue weighted by molar-refractivity contribution is -0.159. The minimum Gasteiger partial charge on any atom is -0.473 e. The summed E-state index contributed by atoms with van der Waals surface area (Å²) in [6, 6.07) is 20.9. The average Bonchev–Trinajstić information content (AvgIpc) is 2.90. The number of carboxylic acids is 2. The zero-order valence-corrected chi connectivity index (χ0v) is 20.5. The maximum atomic E-state index is 12.3. The van der Waals surface area contributed by atoms with Gasteiger partial charge in [0.15, 0.2) is 0 Å². The van der Waals surface area contributed by atoms with Crippen molar-refractivity contribution in [1.82, 2.24) is 4.90 Å². The molecule has 0 atom stereocenters. The lowest BCUT2D eigenvalue weighted by atomic mass is 9.98. The molecule has 8 nitrogen and oxygen atoms in total. The van der Waals surface area contributed by atoms with Crippen LogP contribution in [0.5, 0.6) is 0 Å². The van der Waals surface area contributed by atoms with E-state index in [0.717, 1.165) is 38.8 Å². The van der Waals surface area contributed by atoms with E-state index in [2.05, 4.69) is 53.4 Å². The number of ether oxygens (including phenoxy) is 2. The molecule has 1 aliphatic carbocycles. The van der Waals surface area contributed by atoms with Crippen molar-refractivity contribution in [3.8, 4) is 0 Å². The summed E-state index contributed by atoms with van der Waals surface area (Å²) in [5.41, 5.74) is 2.37. The Balaban J connectivity index is 0.000000538. The van der Waals surface area contributed by atoms with Gasteiger partial charge in [-0.15, -0.1) is 0 Å². The number of benzene rings is 2. The molecular weight excluding hydrogens is 462 g/mol. The van der Waals surface area contributed by atoms with Gasteiger partial charge in [0.25, 0.3) is 0 Å². The largest absolute Gasteiger partial charge is 0.473 e. The van der Waals surface area contributed by atoms with Crippen LogP contribution in [0.1, 0.15) is 62.2 Å². The predicted molar refractivity (Wildman–Crippen MR) is 134 cm³/mol. The summed E-state index contributed by atoms with van der Waals surface area (Å²) in [5.74, 6) is -3.71. The van der Waals surface area contributed by atoms with E-state index in [1.807, 2.05) is 12.1 Å². The molecular formula is C28H35NO7. The van der Waals surface area contributed by atoms with Crippen LogP contribution in [0.4, 0.5) is 0 Å². The van der Waals surface area contributed by atoms with Crippen LogP contribution in [0.2, 0.25) is 0 Å². The molecule has 0 spiro atoms. The first-order valence-corrected chi connectivity index (χ1v) is 12.6. The fourth-order valence-electron chi connectivity index (χ4n) is 4.59. The summed E-state index contributed by atoms with van der Waals surface area (Å²) >= 11 is 0. The highest BCUT2D eigenvalue weighted by Crippen LogP contribution is 2.30. The molecule has 36 heavy (non-hydrogen) atoms. The Bertz CT molecular complexity index is 901. The molecule has 0 bridgehead atoms. The second-order valence-electron chi connectivity index (χ2n) is 9.17. The van der Waals surface area contributed by atoms with Gasteiger partial charge in [0.2, 0.25) is 0 Å². The quantitative estimate of drug-likeness (QED) is 0.430. The molecule has 8 heteroatoms. The van der Waals surface area contributed by atoms with E-state index in [4.69, 9.17) is 29.3 Å². The number of piperidine rings is 1. The summed E-state index contributed by atoms with van der Waals surface area (Å²) in [6.07, 6.45) is 7.86. The number of carboxylic acid groups (broad SMARTS) is 2. The van der Waals surface area contributed by atoms with E-state index < -0.39 is 11.9 Å². The lowest BCUT2D eigenvalue weighted by Gasteiger charge is -2.34. The monoisotopic (exact) mass is 497 g/mol. The maximum Gasteiger partial charge on any atom is 0.414 e. The van der Waals surface area contributed by atoms with Crippen LogP contribution in [-0.4, -0.2) is 64.9 Å². The fourth-order valence-corrected chi connectivity index (χ4v) is 4.59. The Labute approximate surface area is 211 Å². The van der Waals surface area contributed by atoms with Crippen molar-refractivity contribution in [1.29, 1.82) is 0 Å². The Morgan fingerprint density at radius 2 is 1.25 bits per heavy atom. The van der Waals surface area contributed by atoms with E-state index in [1.54, 1.807) is 0 Å².